The van der Waals surface area contributed by atoms with E-state index >= 15 is 0 Å². The molecule has 110 valence electrons. The van der Waals surface area contributed by atoms with Crippen LogP contribution in [0.15, 0.2) is 24.3 Å². The van der Waals surface area contributed by atoms with E-state index in [1.165, 1.54) is 49.9 Å². The van der Waals surface area contributed by atoms with Gasteiger partial charge in [0, 0.05) is 24.3 Å². The zero-order valence-corrected chi connectivity index (χ0v) is 12.7. The van der Waals surface area contributed by atoms with Crippen LogP contribution in [-0.4, -0.2) is 18.6 Å². The Bertz CT molecular complexity index is 426. The first-order chi connectivity index (χ1) is 9.78. The van der Waals surface area contributed by atoms with Crippen LogP contribution in [0.2, 0.25) is 0 Å². The molecule has 2 heteroatoms. The fourth-order valence-corrected chi connectivity index (χ4v) is 4.05. The molecule has 0 amide bonds. The second kappa shape index (κ2) is 6.17. The Hall–Kier alpha value is -1.02. The first-order valence-electron chi connectivity index (χ1n) is 8.39. The average molecular weight is 272 g/mol. The third kappa shape index (κ3) is 2.85. The summed E-state index contributed by atoms with van der Waals surface area (Å²) in [6.07, 6.45) is 9.14. The quantitative estimate of drug-likeness (QED) is 0.905. The average Bonchev–Trinajstić information content (AvgIpc) is 2.96. The maximum absolute atomic E-state index is 6.05. The largest absolute Gasteiger partial charge is 0.368 e. The topological polar surface area (TPSA) is 29.3 Å². The van der Waals surface area contributed by atoms with Crippen LogP contribution in [0, 0.1) is 5.92 Å². The predicted molar refractivity (Wildman–Crippen MR) is 86.1 cm³/mol. The minimum absolute atomic E-state index is 0.301. The first-order valence-corrected chi connectivity index (χ1v) is 8.39. The van der Waals surface area contributed by atoms with Crippen LogP contribution in [0.4, 0.5) is 5.69 Å². The van der Waals surface area contributed by atoms with Crippen LogP contribution in [0.25, 0.3) is 0 Å². The van der Waals surface area contributed by atoms with Crippen molar-refractivity contribution in [2.45, 2.75) is 64.0 Å². The number of piperidine rings is 1. The molecule has 0 radical (unpaired) electrons. The summed E-state index contributed by atoms with van der Waals surface area (Å²) >= 11 is 0. The Morgan fingerprint density at radius 2 is 1.90 bits per heavy atom. The van der Waals surface area contributed by atoms with Crippen molar-refractivity contribution in [3.05, 3.63) is 29.8 Å². The SMILES string of the molecule is CCC(N)Cc1ccc(N2CCCC3CCCC32)cc1. The molecule has 3 rings (SSSR count). The van der Waals surface area contributed by atoms with Gasteiger partial charge >= 0.3 is 0 Å². The van der Waals surface area contributed by atoms with E-state index in [-0.39, 0.29) is 0 Å². The lowest BCUT2D eigenvalue weighted by molar-refractivity contribution is 0.362. The van der Waals surface area contributed by atoms with Crippen molar-refractivity contribution in [3.63, 3.8) is 0 Å². The molecule has 1 heterocycles. The summed E-state index contributed by atoms with van der Waals surface area (Å²) in [5.41, 5.74) is 8.85. The third-order valence-corrected chi connectivity index (χ3v) is 5.28. The summed E-state index contributed by atoms with van der Waals surface area (Å²) < 4.78 is 0. The number of anilines is 1. The monoisotopic (exact) mass is 272 g/mol. The van der Waals surface area contributed by atoms with Crippen LogP contribution < -0.4 is 10.6 Å². The van der Waals surface area contributed by atoms with Gasteiger partial charge in [0.05, 0.1) is 0 Å². The van der Waals surface area contributed by atoms with E-state index in [9.17, 15) is 0 Å². The Morgan fingerprint density at radius 1 is 1.15 bits per heavy atom. The predicted octanol–water partition coefficient (Wildman–Crippen LogP) is 3.74. The zero-order valence-electron chi connectivity index (χ0n) is 12.7. The van der Waals surface area contributed by atoms with E-state index < -0.39 is 0 Å². The molecule has 1 saturated carbocycles. The second-order valence-electron chi connectivity index (χ2n) is 6.63. The van der Waals surface area contributed by atoms with Gasteiger partial charge in [0.25, 0.3) is 0 Å². The van der Waals surface area contributed by atoms with E-state index in [1.54, 1.807) is 0 Å². The van der Waals surface area contributed by atoms with Gasteiger partial charge in [-0.25, -0.2) is 0 Å². The lowest BCUT2D eigenvalue weighted by Gasteiger charge is -2.39. The molecule has 1 aliphatic carbocycles. The number of rotatable bonds is 4. The molecular weight excluding hydrogens is 244 g/mol. The van der Waals surface area contributed by atoms with Crippen LogP contribution >= 0.6 is 0 Å². The van der Waals surface area contributed by atoms with Crippen LogP contribution in [0.1, 0.15) is 51.0 Å². The van der Waals surface area contributed by atoms with Crippen molar-refractivity contribution in [3.8, 4) is 0 Å². The highest BCUT2D eigenvalue weighted by molar-refractivity contribution is 5.49. The highest BCUT2D eigenvalue weighted by Crippen LogP contribution is 2.39. The van der Waals surface area contributed by atoms with Gasteiger partial charge in [-0.05, 0) is 62.1 Å². The van der Waals surface area contributed by atoms with E-state index in [0.717, 1.165) is 24.8 Å². The molecule has 2 N–H and O–H groups in total. The molecule has 2 fully saturated rings. The van der Waals surface area contributed by atoms with Crippen molar-refractivity contribution in [2.24, 2.45) is 11.7 Å². The molecule has 1 aromatic carbocycles. The molecule has 3 unspecified atom stereocenters. The maximum atomic E-state index is 6.05. The maximum Gasteiger partial charge on any atom is 0.0368 e. The molecule has 0 aromatic heterocycles. The summed E-state index contributed by atoms with van der Waals surface area (Å²) in [5, 5.41) is 0. The lowest BCUT2D eigenvalue weighted by Crippen LogP contribution is -2.42. The Balaban J connectivity index is 1.70. The van der Waals surface area contributed by atoms with E-state index in [4.69, 9.17) is 5.73 Å². The first kappa shape index (κ1) is 13.9. The number of benzene rings is 1. The number of fused-ring (bicyclic) bond motifs is 1. The molecule has 0 spiro atoms. The number of hydrogen-bond donors (Lipinski definition) is 1. The smallest absolute Gasteiger partial charge is 0.0368 e. The fourth-order valence-electron chi connectivity index (χ4n) is 4.05. The van der Waals surface area contributed by atoms with E-state index in [2.05, 4.69) is 36.1 Å². The van der Waals surface area contributed by atoms with Gasteiger partial charge in [-0.1, -0.05) is 25.5 Å². The van der Waals surface area contributed by atoms with E-state index in [1.807, 2.05) is 0 Å². The summed E-state index contributed by atoms with van der Waals surface area (Å²) in [5.74, 6) is 0.956. The van der Waals surface area contributed by atoms with Crippen molar-refractivity contribution >= 4 is 5.69 Å². The van der Waals surface area contributed by atoms with Crippen LogP contribution in [0.3, 0.4) is 0 Å². The van der Waals surface area contributed by atoms with Gasteiger partial charge in [-0.15, -0.1) is 0 Å². The summed E-state index contributed by atoms with van der Waals surface area (Å²) in [4.78, 5) is 2.67. The Labute approximate surface area is 123 Å². The second-order valence-corrected chi connectivity index (χ2v) is 6.63. The zero-order chi connectivity index (χ0) is 13.9. The van der Waals surface area contributed by atoms with Gasteiger partial charge in [0.2, 0.25) is 0 Å². The highest BCUT2D eigenvalue weighted by Gasteiger charge is 2.34. The van der Waals surface area contributed by atoms with Gasteiger partial charge in [-0.2, -0.15) is 0 Å². The number of hydrogen-bond acceptors (Lipinski definition) is 2. The van der Waals surface area contributed by atoms with Gasteiger partial charge in [0.15, 0.2) is 0 Å². The van der Waals surface area contributed by atoms with Gasteiger partial charge in [0.1, 0.15) is 0 Å². The third-order valence-electron chi connectivity index (χ3n) is 5.28. The highest BCUT2D eigenvalue weighted by atomic mass is 15.2. The van der Waals surface area contributed by atoms with Crippen molar-refractivity contribution < 1.29 is 0 Å². The molecule has 2 aliphatic rings. The Morgan fingerprint density at radius 3 is 2.65 bits per heavy atom. The molecule has 0 bridgehead atoms. The number of nitrogens with zero attached hydrogens (tertiary/aromatic N) is 1. The minimum atomic E-state index is 0.301. The molecule has 3 atom stereocenters. The summed E-state index contributed by atoms with van der Waals surface area (Å²) in [7, 11) is 0. The van der Waals surface area contributed by atoms with Gasteiger partial charge < -0.3 is 10.6 Å². The molecular formula is C18H28N2. The van der Waals surface area contributed by atoms with E-state index in [0.29, 0.717) is 6.04 Å². The Kier molecular flexibility index (Phi) is 4.30. The molecule has 20 heavy (non-hydrogen) atoms. The molecule has 1 saturated heterocycles. The van der Waals surface area contributed by atoms with Crippen molar-refractivity contribution in [2.75, 3.05) is 11.4 Å². The van der Waals surface area contributed by atoms with Gasteiger partial charge in [-0.3, -0.25) is 0 Å². The summed E-state index contributed by atoms with van der Waals surface area (Å²) in [6.45, 7) is 3.40. The lowest BCUT2D eigenvalue weighted by atomic mass is 9.91. The normalized spacial score (nSPS) is 27.4. The number of nitrogens with two attached hydrogens (primary N) is 1. The van der Waals surface area contributed by atoms with Crippen LogP contribution in [0.5, 0.6) is 0 Å². The van der Waals surface area contributed by atoms with Crippen molar-refractivity contribution in [1.29, 1.82) is 0 Å². The molecule has 1 aromatic rings. The fraction of sp³-hybridized carbons (Fsp3) is 0.667. The summed E-state index contributed by atoms with van der Waals surface area (Å²) in [6, 6.07) is 10.3. The minimum Gasteiger partial charge on any atom is -0.368 e. The molecule has 1 aliphatic heterocycles. The molecule has 2 nitrogen and oxygen atoms in total. The standard InChI is InChI=1S/C18H28N2/c1-2-16(19)13-14-8-10-17(11-9-14)20-12-4-6-15-5-3-7-18(15)20/h8-11,15-16,18H,2-7,12-13,19H2,1H3. The van der Waals surface area contributed by atoms with Crippen LogP contribution in [-0.2, 0) is 6.42 Å². The van der Waals surface area contributed by atoms with Crippen molar-refractivity contribution in [1.82, 2.24) is 0 Å².